The molecule has 7 nitrogen and oxygen atoms in total. The number of aromatic hydroxyl groups is 1. The first-order chi connectivity index (χ1) is 9.79. The molecule has 0 heterocycles. The average molecular weight is 315 g/mol. The molecule has 21 heavy (non-hydrogen) atoms. The van der Waals surface area contributed by atoms with E-state index >= 15 is 0 Å². The van der Waals surface area contributed by atoms with Gasteiger partial charge in [0.2, 0.25) is 10.0 Å². The first-order valence-corrected chi connectivity index (χ1v) is 8.04. The number of sulfonamides is 1. The van der Waals surface area contributed by atoms with Crippen LogP contribution in [0.15, 0.2) is 23.1 Å². The number of rotatable bonds is 4. The molecule has 0 bridgehead atoms. The molecule has 116 valence electrons. The third-order valence-corrected chi connectivity index (χ3v) is 5.05. The number of carboxylic acids is 1. The Labute approximate surface area is 122 Å². The third kappa shape index (κ3) is 3.72. The summed E-state index contributed by atoms with van der Waals surface area (Å²) in [7, 11) is -3.86. The molecule has 1 aliphatic carbocycles. The third-order valence-electron chi connectivity index (χ3n) is 3.53. The van der Waals surface area contributed by atoms with Crippen LogP contribution in [0.3, 0.4) is 0 Å². The number of carbonyl (C=O) groups is 1. The van der Waals surface area contributed by atoms with E-state index < -0.39 is 33.4 Å². The van der Waals surface area contributed by atoms with Gasteiger partial charge in [0.1, 0.15) is 11.3 Å². The maximum atomic E-state index is 12.2. The zero-order valence-corrected chi connectivity index (χ0v) is 12.0. The van der Waals surface area contributed by atoms with E-state index in [1.54, 1.807) is 0 Å². The molecule has 4 N–H and O–H groups in total. The van der Waals surface area contributed by atoms with Crippen LogP contribution < -0.4 is 4.72 Å². The normalized spacial score (nSPS) is 22.9. The molecule has 0 unspecified atom stereocenters. The van der Waals surface area contributed by atoms with E-state index in [0.717, 1.165) is 18.2 Å². The maximum absolute atomic E-state index is 12.2. The van der Waals surface area contributed by atoms with Gasteiger partial charge in [0.15, 0.2) is 0 Å². The summed E-state index contributed by atoms with van der Waals surface area (Å²) in [6.45, 7) is 0. The second kappa shape index (κ2) is 6.00. The van der Waals surface area contributed by atoms with Gasteiger partial charge in [-0.3, -0.25) is 0 Å². The van der Waals surface area contributed by atoms with E-state index in [4.69, 9.17) is 5.11 Å². The van der Waals surface area contributed by atoms with Gasteiger partial charge in [0, 0.05) is 6.04 Å². The highest BCUT2D eigenvalue weighted by Gasteiger charge is 2.25. The minimum Gasteiger partial charge on any atom is -0.507 e. The number of aliphatic hydroxyl groups is 1. The summed E-state index contributed by atoms with van der Waals surface area (Å²) in [5, 5.41) is 27.7. The number of phenols is 1. The molecule has 0 aliphatic heterocycles. The Morgan fingerprint density at radius 3 is 2.38 bits per heavy atom. The van der Waals surface area contributed by atoms with Crippen molar-refractivity contribution in [3.8, 4) is 5.75 Å². The van der Waals surface area contributed by atoms with E-state index in [1.165, 1.54) is 0 Å². The van der Waals surface area contributed by atoms with Gasteiger partial charge in [-0.15, -0.1) is 0 Å². The first-order valence-electron chi connectivity index (χ1n) is 6.56. The molecule has 0 aromatic heterocycles. The van der Waals surface area contributed by atoms with Gasteiger partial charge >= 0.3 is 5.97 Å². The number of aliphatic hydroxyl groups excluding tert-OH is 1. The average Bonchev–Trinajstić information content (AvgIpc) is 2.41. The first kappa shape index (κ1) is 15.7. The molecule has 0 atom stereocenters. The Hall–Kier alpha value is -1.64. The summed E-state index contributed by atoms with van der Waals surface area (Å²) in [5.74, 6) is -1.88. The fourth-order valence-electron chi connectivity index (χ4n) is 2.33. The number of nitrogens with one attached hydrogen (secondary N) is 1. The number of hydrogen-bond acceptors (Lipinski definition) is 5. The molecule has 1 aromatic carbocycles. The van der Waals surface area contributed by atoms with Gasteiger partial charge in [0.05, 0.1) is 11.0 Å². The molecule has 0 spiro atoms. The lowest BCUT2D eigenvalue weighted by atomic mass is 9.94. The number of benzene rings is 1. The zero-order chi connectivity index (χ0) is 15.6. The van der Waals surface area contributed by atoms with Crippen LogP contribution in [0.4, 0.5) is 0 Å². The molecule has 1 saturated carbocycles. The van der Waals surface area contributed by atoms with Crippen molar-refractivity contribution in [2.45, 2.75) is 42.7 Å². The Morgan fingerprint density at radius 2 is 1.81 bits per heavy atom. The largest absolute Gasteiger partial charge is 0.507 e. The van der Waals surface area contributed by atoms with Gasteiger partial charge < -0.3 is 15.3 Å². The van der Waals surface area contributed by atoms with Crippen molar-refractivity contribution in [1.82, 2.24) is 4.72 Å². The summed E-state index contributed by atoms with van der Waals surface area (Å²) >= 11 is 0. The molecular weight excluding hydrogens is 298 g/mol. The molecule has 1 fully saturated rings. The Kier molecular flexibility index (Phi) is 4.50. The van der Waals surface area contributed by atoms with E-state index in [1.807, 2.05) is 0 Å². The van der Waals surface area contributed by atoms with Crippen molar-refractivity contribution >= 4 is 16.0 Å². The predicted octanol–water partition coefficient (Wildman–Crippen LogP) is 0.672. The lowest BCUT2D eigenvalue weighted by molar-refractivity contribution is 0.0693. The topological polar surface area (TPSA) is 124 Å². The fraction of sp³-hybridized carbons (Fsp3) is 0.462. The lowest BCUT2D eigenvalue weighted by Gasteiger charge is -2.26. The monoisotopic (exact) mass is 315 g/mol. The van der Waals surface area contributed by atoms with Crippen LogP contribution in [0.1, 0.15) is 36.0 Å². The summed E-state index contributed by atoms with van der Waals surface area (Å²) in [6.07, 6.45) is 1.74. The van der Waals surface area contributed by atoms with Crippen molar-refractivity contribution in [1.29, 1.82) is 0 Å². The van der Waals surface area contributed by atoms with Crippen molar-refractivity contribution in [3.05, 3.63) is 23.8 Å². The number of carboxylic acid groups (broad SMARTS) is 1. The van der Waals surface area contributed by atoms with Gasteiger partial charge in [-0.2, -0.15) is 0 Å². The number of aromatic carboxylic acids is 1. The molecule has 2 rings (SSSR count). The van der Waals surface area contributed by atoms with Crippen molar-refractivity contribution in [2.24, 2.45) is 0 Å². The summed E-state index contributed by atoms with van der Waals surface area (Å²) in [5.41, 5.74) is -0.461. The zero-order valence-electron chi connectivity index (χ0n) is 11.2. The Morgan fingerprint density at radius 1 is 1.19 bits per heavy atom. The van der Waals surface area contributed by atoms with Gasteiger partial charge in [-0.1, -0.05) is 0 Å². The summed E-state index contributed by atoms with van der Waals surface area (Å²) < 4.78 is 26.9. The molecule has 0 radical (unpaired) electrons. The minimum absolute atomic E-state index is 0.205. The fourth-order valence-corrected chi connectivity index (χ4v) is 3.67. The molecular formula is C13H17NO6S. The molecule has 1 aromatic rings. The van der Waals surface area contributed by atoms with Gasteiger partial charge in [-0.25, -0.2) is 17.9 Å². The van der Waals surface area contributed by atoms with E-state index in [0.29, 0.717) is 25.7 Å². The Bertz CT molecular complexity index is 634. The summed E-state index contributed by atoms with van der Waals surface area (Å²) in [4.78, 5) is 10.7. The lowest BCUT2D eigenvalue weighted by Crippen LogP contribution is -2.38. The van der Waals surface area contributed by atoms with E-state index in [2.05, 4.69) is 4.72 Å². The van der Waals surface area contributed by atoms with E-state index in [9.17, 15) is 23.4 Å². The maximum Gasteiger partial charge on any atom is 0.339 e. The SMILES string of the molecule is O=C(O)c1cc(S(=O)(=O)NC2CCC(O)CC2)ccc1O. The van der Waals surface area contributed by atoms with Crippen LogP contribution in [0.25, 0.3) is 0 Å². The Balaban J connectivity index is 2.20. The van der Waals surface area contributed by atoms with Crippen LogP contribution in [-0.2, 0) is 10.0 Å². The van der Waals surface area contributed by atoms with Crippen LogP contribution in [0.2, 0.25) is 0 Å². The van der Waals surface area contributed by atoms with Crippen LogP contribution in [-0.4, -0.2) is 41.9 Å². The molecule has 1 aliphatic rings. The second-order valence-corrected chi connectivity index (χ2v) is 6.82. The second-order valence-electron chi connectivity index (χ2n) is 5.11. The van der Waals surface area contributed by atoms with Crippen LogP contribution >= 0.6 is 0 Å². The van der Waals surface area contributed by atoms with E-state index in [-0.39, 0.29) is 10.9 Å². The predicted molar refractivity (Wildman–Crippen MR) is 73.7 cm³/mol. The molecule has 0 amide bonds. The van der Waals surface area contributed by atoms with Crippen molar-refractivity contribution < 1.29 is 28.5 Å². The highest BCUT2D eigenvalue weighted by molar-refractivity contribution is 7.89. The van der Waals surface area contributed by atoms with Crippen LogP contribution in [0.5, 0.6) is 5.75 Å². The van der Waals surface area contributed by atoms with Gasteiger partial charge in [-0.05, 0) is 43.9 Å². The highest BCUT2D eigenvalue weighted by Crippen LogP contribution is 2.24. The quantitative estimate of drug-likeness (QED) is 0.647. The highest BCUT2D eigenvalue weighted by atomic mass is 32.2. The van der Waals surface area contributed by atoms with Crippen molar-refractivity contribution in [2.75, 3.05) is 0 Å². The standard InChI is InChI=1S/C13H17NO6S/c15-9-3-1-8(2-4-9)14-21(19,20)10-5-6-12(16)11(7-10)13(17)18/h5-9,14-16H,1-4H2,(H,17,18). The van der Waals surface area contributed by atoms with Crippen molar-refractivity contribution in [3.63, 3.8) is 0 Å². The molecule has 8 heteroatoms. The summed E-state index contributed by atoms with van der Waals surface area (Å²) in [6, 6.07) is 2.85. The minimum atomic E-state index is -3.86. The smallest absolute Gasteiger partial charge is 0.339 e. The molecule has 0 saturated heterocycles. The number of hydrogen-bond donors (Lipinski definition) is 4. The van der Waals surface area contributed by atoms with Gasteiger partial charge in [0.25, 0.3) is 0 Å². The van der Waals surface area contributed by atoms with Crippen LogP contribution in [0, 0.1) is 0 Å².